The van der Waals surface area contributed by atoms with Crippen molar-refractivity contribution in [2.75, 3.05) is 17.3 Å². The first-order valence-electron chi connectivity index (χ1n) is 8.27. The zero-order valence-corrected chi connectivity index (χ0v) is 15.4. The van der Waals surface area contributed by atoms with Gasteiger partial charge in [0.1, 0.15) is 6.33 Å². The van der Waals surface area contributed by atoms with Crippen molar-refractivity contribution in [2.45, 2.75) is 13.1 Å². The molecule has 3 rings (SSSR count). The Morgan fingerprint density at radius 2 is 1.78 bits per heavy atom. The number of benzene rings is 2. The largest absolute Gasteiger partial charge is 0.360 e. The van der Waals surface area contributed by atoms with Crippen LogP contribution >= 0.6 is 11.6 Å². The maximum atomic E-state index is 11.7. The summed E-state index contributed by atoms with van der Waals surface area (Å²) in [7, 11) is 1.77. The second-order valence-corrected chi connectivity index (χ2v) is 6.41. The summed E-state index contributed by atoms with van der Waals surface area (Å²) in [6.07, 6.45) is 1.33. The van der Waals surface area contributed by atoms with Crippen molar-refractivity contribution in [2.24, 2.45) is 0 Å². The van der Waals surface area contributed by atoms with E-state index in [2.05, 4.69) is 15.3 Å². The molecule has 7 nitrogen and oxygen atoms in total. The molecule has 1 aromatic heterocycles. The Kier molecular flexibility index (Phi) is 5.83. The monoisotopic (exact) mass is 383 g/mol. The zero-order chi connectivity index (χ0) is 19.2. The topological polar surface area (TPSA) is 84.2 Å². The third-order valence-electron chi connectivity index (χ3n) is 3.98. The van der Waals surface area contributed by atoms with Crippen LogP contribution in [0.15, 0.2) is 60.9 Å². The maximum Gasteiger partial charge on any atom is 0.353 e. The van der Waals surface area contributed by atoms with Gasteiger partial charge in [-0.15, -0.1) is 0 Å². The molecule has 1 N–H and O–H groups in total. The highest BCUT2D eigenvalue weighted by atomic mass is 35.5. The van der Waals surface area contributed by atoms with Crippen LogP contribution in [0.2, 0.25) is 5.02 Å². The van der Waals surface area contributed by atoms with Crippen LogP contribution in [-0.2, 0) is 13.1 Å². The Balaban J connectivity index is 1.83. The molecule has 3 aromatic rings. The highest BCUT2D eigenvalue weighted by Gasteiger charge is 2.25. The van der Waals surface area contributed by atoms with Gasteiger partial charge in [0, 0.05) is 25.2 Å². The molecule has 0 aliphatic heterocycles. The lowest BCUT2D eigenvalue weighted by Gasteiger charge is -2.19. The van der Waals surface area contributed by atoms with Gasteiger partial charge in [0.15, 0.2) is 0 Å². The maximum absolute atomic E-state index is 11.7. The van der Waals surface area contributed by atoms with Gasteiger partial charge in [-0.05, 0) is 23.3 Å². The fourth-order valence-corrected chi connectivity index (χ4v) is 2.79. The minimum atomic E-state index is -0.457. The van der Waals surface area contributed by atoms with Crippen LogP contribution in [0.3, 0.4) is 0 Å². The van der Waals surface area contributed by atoms with Crippen molar-refractivity contribution < 1.29 is 4.92 Å². The summed E-state index contributed by atoms with van der Waals surface area (Å²) >= 11 is 5.88. The van der Waals surface area contributed by atoms with Gasteiger partial charge in [-0.1, -0.05) is 54.1 Å². The van der Waals surface area contributed by atoms with Crippen LogP contribution in [0.25, 0.3) is 0 Å². The molecule has 0 atom stereocenters. The minimum Gasteiger partial charge on any atom is -0.360 e. The third-order valence-corrected chi connectivity index (χ3v) is 4.23. The van der Waals surface area contributed by atoms with Gasteiger partial charge in [0.2, 0.25) is 11.6 Å². The normalized spacial score (nSPS) is 10.4. The predicted molar refractivity (Wildman–Crippen MR) is 106 cm³/mol. The summed E-state index contributed by atoms with van der Waals surface area (Å²) < 4.78 is 0. The number of anilines is 2. The molecule has 138 valence electrons. The number of rotatable bonds is 7. The molecule has 1 heterocycles. The molecular formula is C19H18ClN5O2. The highest BCUT2D eigenvalue weighted by molar-refractivity contribution is 6.30. The molecule has 2 aromatic carbocycles. The first-order valence-corrected chi connectivity index (χ1v) is 8.65. The van der Waals surface area contributed by atoms with E-state index in [0.717, 1.165) is 11.1 Å². The molecule has 8 heteroatoms. The molecule has 0 bridgehead atoms. The Bertz CT molecular complexity index is 919. The van der Waals surface area contributed by atoms with E-state index < -0.39 is 4.92 Å². The SMILES string of the molecule is CN(Cc1ccccc1)c1ncnc(NCc2ccc(Cl)cc2)c1[N+](=O)[O-]. The summed E-state index contributed by atoms with van der Waals surface area (Å²) in [5, 5.41) is 15.4. The first-order chi connectivity index (χ1) is 13.0. The molecule has 0 saturated carbocycles. The van der Waals surface area contributed by atoms with Crippen LogP contribution in [-0.4, -0.2) is 21.9 Å². The molecule has 0 aliphatic rings. The number of hydrogen-bond donors (Lipinski definition) is 1. The van der Waals surface area contributed by atoms with Gasteiger partial charge in [-0.25, -0.2) is 9.97 Å². The number of hydrogen-bond acceptors (Lipinski definition) is 6. The predicted octanol–water partition coefficient (Wildman–Crippen LogP) is 4.29. The van der Waals surface area contributed by atoms with E-state index in [1.54, 1.807) is 24.1 Å². The lowest BCUT2D eigenvalue weighted by molar-refractivity contribution is -0.383. The summed E-state index contributed by atoms with van der Waals surface area (Å²) in [4.78, 5) is 21.2. The molecule has 0 fully saturated rings. The van der Waals surface area contributed by atoms with Crippen molar-refractivity contribution in [1.82, 2.24) is 9.97 Å². The molecule has 0 aliphatic carbocycles. The first kappa shape index (κ1) is 18.6. The van der Waals surface area contributed by atoms with E-state index in [-0.39, 0.29) is 17.3 Å². The van der Waals surface area contributed by atoms with E-state index in [4.69, 9.17) is 11.6 Å². The van der Waals surface area contributed by atoms with E-state index in [1.807, 2.05) is 42.5 Å². The fraction of sp³-hybridized carbons (Fsp3) is 0.158. The van der Waals surface area contributed by atoms with Gasteiger partial charge in [-0.2, -0.15) is 0 Å². The lowest BCUT2D eigenvalue weighted by atomic mass is 10.2. The van der Waals surface area contributed by atoms with Gasteiger partial charge in [-0.3, -0.25) is 10.1 Å². The van der Waals surface area contributed by atoms with Crippen LogP contribution in [0, 0.1) is 10.1 Å². The second kappa shape index (κ2) is 8.46. The van der Waals surface area contributed by atoms with E-state index in [0.29, 0.717) is 18.1 Å². The van der Waals surface area contributed by atoms with E-state index >= 15 is 0 Å². The fourth-order valence-electron chi connectivity index (χ4n) is 2.67. The summed E-state index contributed by atoms with van der Waals surface area (Å²) in [5.41, 5.74) is 1.82. The van der Waals surface area contributed by atoms with Crippen LogP contribution in [0.4, 0.5) is 17.3 Å². The minimum absolute atomic E-state index is 0.148. The second-order valence-electron chi connectivity index (χ2n) is 5.97. The lowest BCUT2D eigenvalue weighted by Crippen LogP contribution is -2.20. The van der Waals surface area contributed by atoms with Crippen molar-refractivity contribution >= 4 is 28.9 Å². The van der Waals surface area contributed by atoms with Gasteiger partial charge in [0.05, 0.1) is 4.92 Å². The summed E-state index contributed by atoms with van der Waals surface area (Å²) in [6, 6.07) is 16.9. The molecule has 0 radical (unpaired) electrons. The van der Waals surface area contributed by atoms with Crippen LogP contribution in [0.1, 0.15) is 11.1 Å². The molecule has 0 spiro atoms. The van der Waals surface area contributed by atoms with Crippen molar-refractivity contribution in [3.05, 3.63) is 87.2 Å². The highest BCUT2D eigenvalue weighted by Crippen LogP contribution is 2.32. The third kappa shape index (κ3) is 4.71. The van der Waals surface area contributed by atoms with Gasteiger partial charge >= 0.3 is 5.69 Å². The number of nitro groups is 1. The summed E-state index contributed by atoms with van der Waals surface area (Å²) in [5.74, 6) is 0.442. The van der Waals surface area contributed by atoms with Crippen molar-refractivity contribution in [3.63, 3.8) is 0 Å². The Morgan fingerprint density at radius 3 is 2.44 bits per heavy atom. The standard InChI is InChI=1S/C19H18ClN5O2/c1-24(12-15-5-3-2-4-6-15)19-17(25(26)27)18(22-13-23-19)21-11-14-7-9-16(20)10-8-14/h2-10,13H,11-12H2,1H3,(H,21,22,23). The van der Waals surface area contributed by atoms with Crippen molar-refractivity contribution in [1.29, 1.82) is 0 Å². The average molecular weight is 384 g/mol. The molecule has 0 amide bonds. The zero-order valence-electron chi connectivity index (χ0n) is 14.7. The van der Waals surface area contributed by atoms with E-state index in [9.17, 15) is 10.1 Å². The quantitative estimate of drug-likeness (QED) is 0.484. The molecular weight excluding hydrogens is 366 g/mol. The van der Waals surface area contributed by atoms with Crippen LogP contribution in [0.5, 0.6) is 0 Å². The Hall–Kier alpha value is -3.19. The van der Waals surface area contributed by atoms with Crippen molar-refractivity contribution in [3.8, 4) is 0 Å². The van der Waals surface area contributed by atoms with Crippen LogP contribution < -0.4 is 10.2 Å². The number of nitrogens with one attached hydrogen (secondary N) is 1. The number of halogens is 1. The van der Waals surface area contributed by atoms with Gasteiger partial charge < -0.3 is 10.2 Å². The Labute approximate surface area is 161 Å². The molecule has 27 heavy (non-hydrogen) atoms. The number of nitrogens with zero attached hydrogens (tertiary/aromatic N) is 4. The Morgan fingerprint density at radius 1 is 1.07 bits per heavy atom. The van der Waals surface area contributed by atoms with Gasteiger partial charge in [0.25, 0.3) is 0 Å². The average Bonchev–Trinajstić information content (AvgIpc) is 2.68. The molecule has 0 saturated heterocycles. The molecule has 0 unspecified atom stereocenters. The smallest absolute Gasteiger partial charge is 0.353 e. The van der Waals surface area contributed by atoms with E-state index in [1.165, 1.54) is 6.33 Å². The summed E-state index contributed by atoms with van der Waals surface area (Å²) in [6.45, 7) is 0.881. The number of aromatic nitrogens is 2.